The number of rotatable bonds is 2. The molecule has 0 amide bonds. The van der Waals surface area contributed by atoms with Gasteiger partial charge in [0.05, 0.1) is 25.1 Å². The summed E-state index contributed by atoms with van der Waals surface area (Å²) in [4.78, 5) is 3.34. The molecule has 1 aliphatic rings. The highest BCUT2D eigenvalue weighted by molar-refractivity contribution is 6.62. The molecule has 1 aromatic rings. The molecule has 1 aromatic heterocycles. The van der Waals surface area contributed by atoms with Gasteiger partial charge < -0.3 is 14.0 Å². The van der Waals surface area contributed by atoms with Gasteiger partial charge in [0.15, 0.2) is 0 Å². The van der Waals surface area contributed by atoms with E-state index in [4.69, 9.17) is 16.2 Å². The summed E-state index contributed by atoms with van der Waals surface area (Å²) in [6.07, 6.45) is 0. The van der Waals surface area contributed by atoms with Crippen LogP contribution in [0.15, 0.2) is 12.1 Å². The molecular formula is C12H17BFNO3. The number of nitrogens with zero attached hydrogens (tertiary/aromatic N) is 1. The highest BCUT2D eigenvalue weighted by Crippen LogP contribution is 2.36. The summed E-state index contributed by atoms with van der Waals surface area (Å²) >= 11 is 0. The van der Waals surface area contributed by atoms with Gasteiger partial charge in [-0.1, -0.05) is 6.04 Å². The minimum absolute atomic E-state index is 0.355. The monoisotopic (exact) mass is 258 g/mol. The van der Waals surface area contributed by atoms with E-state index in [1.807, 2.05) is 0 Å². The van der Waals surface area contributed by atoms with Gasteiger partial charge in [-0.15, -0.1) is 0 Å². The van der Waals surface area contributed by atoms with Crippen molar-refractivity contribution >= 4 is 12.6 Å². The van der Waals surface area contributed by atoms with Crippen molar-refractivity contribution in [1.29, 1.82) is 0 Å². The maximum Gasteiger partial charge on any atom is 0.499 e. The Hall–Kier alpha value is -1.14. The van der Waals surface area contributed by atoms with E-state index in [-0.39, 0.29) is 5.46 Å². The van der Waals surface area contributed by atoms with Crippen molar-refractivity contribution in [3.05, 3.63) is 18.0 Å². The predicted molar refractivity (Wildman–Crippen MR) is 66.5 cm³/mol. The molecule has 0 atom stereocenters. The normalized spacial score (nSPS) is 25.8. The summed E-state index contributed by atoms with van der Waals surface area (Å²) in [5.41, 5.74) is -1.87. The van der Waals surface area contributed by atoms with Crippen LogP contribution >= 0.6 is 0 Å². The van der Waals surface area contributed by atoms with E-state index in [1.165, 1.54) is 0 Å². The van der Waals surface area contributed by atoms with Crippen LogP contribution in [0.25, 0.3) is 0 Å². The average molecular weight is 258 g/mol. The maximum absolute atomic E-state index is 14.3. The standard InChI is InChI=1S/C12H17BFNO3/c1-11(2)12(3,4)18-13(17-11)8-6-7-9(16-5)15-10(8)14/h6-7H,1-5H3/i5D3,6D,7D. The van der Waals surface area contributed by atoms with Gasteiger partial charge in [0.25, 0.3) is 0 Å². The fraction of sp³-hybridized carbons (Fsp3) is 0.583. The molecule has 0 saturated carbocycles. The molecule has 0 aromatic carbocycles. The molecule has 0 spiro atoms. The number of pyridine rings is 1. The van der Waals surface area contributed by atoms with E-state index in [1.54, 1.807) is 27.7 Å². The van der Waals surface area contributed by atoms with Crippen LogP contribution in [0, 0.1) is 5.95 Å². The fourth-order valence-corrected chi connectivity index (χ4v) is 1.52. The first-order chi connectivity index (χ1) is 10.3. The lowest BCUT2D eigenvalue weighted by molar-refractivity contribution is 0.00578. The van der Waals surface area contributed by atoms with E-state index in [0.29, 0.717) is 0 Å². The SMILES string of the molecule is [2H]c1c(OC([2H])([2H])[2H])nc(F)c(B2OC(C)(C)C(C)(C)O2)c1[2H]. The predicted octanol–water partition coefficient (Wildman–Crippen LogP) is 1.53. The minimum atomic E-state index is -2.90. The highest BCUT2D eigenvalue weighted by Gasteiger charge is 2.52. The molecule has 6 heteroatoms. The van der Waals surface area contributed by atoms with Crippen LogP contribution < -0.4 is 10.2 Å². The fourth-order valence-electron chi connectivity index (χ4n) is 1.52. The van der Waals surface area contributed by atoms with Gasteiger partial charge in [-0.05, 0) is 27.7 Å². The Kier molecular flexibility index (Phi) is 1.90. The third kappa shape index (κ3) is 2.10. The van der Waals surface area contributed by atoms with E-state index in [0.717, 1.165) is 0 Å². The molecule has 1 aliphatic heterocycles. The first kappa shape index (κ1) is 8.12. The van der Waals surface area contributed by atoms with Gasteiger partial charge in [-0.25, -0.2) is 0 Å². The molecule has 1 fully saturated rings. The van der Waals surface area contributed by atoms with Gasteiger partial charge in [0.1, 0.15) is 0 Å². The minimum Gasteiger partial charge on any atom is -0.481 e. The first-order valence-electron chi connectivity index (χ1n) is 7.96. The first-order valence-corrected chi connectivity index (χ1v) is 5.46. The Morgan fingerprint density at radius 1 is 1.33 bits per heavy atom. The zero-order valence-corrected chi connectivity index (χ0v) is 10.6. The van der Waals surface area contributed by atoms with Crippen LogP contribution in [-0.2, 0) is 9.31 Å². The molecule has 0 bridgehead atoms. The Labute approximate surface area is 114 Å². The van der Waals surface area contributed by atoms with Crippen molar-refractivity contribution < 1.29 is 25.3 Å². The third-order valence-electron chi connectivity index (χ3n) is 3.31. The smallest absolute Gasteiger partial charge is 0.481 e. The Bertz CT molecular complexity index is 622. The largest absolute Gasteiger partial charge is 0.499 e. The van der Waals surface area contributed by atoms with Crippen LogP contribution in [0.4, 0.5) is 4.39 Å². The lowest BCUT2D eigenvalue weighted by Crippen LogP contribution is -2.41. The number of hydrogen-bond donors (Lipinski definition) is 0. The second-order valence-corrected chi connectivity index (χ2v) is 5.06. The number of halogens is 1. The second-order valence-electron chi connectivity index (χ2n) is 5.06. The number of methoxy groups -OCH3 is 1. The molecular weight excluding hydrogens is 236 g/mol. The second kappa shape index (κ2) is 4.21. The molecule has 0 N–H and O–H groups in total. The lowest BCUT2D eigenvalue weighted by Gasteiger charge is -2.32. The quantitative estimate of drug-likeness (QED) is 0.595. The van der Waals surface area contributed by atoms with Crippen molar-refractivity contribution in [2.45, 2.75) is 38.9 Å². The number of ether oxygens (including phenoxy) is 1. The molecule has 4 nitrogen and oxygen atoms in total. The van der Waals surface area contributed by atoms with E-state index in [9.17, 15) is 4.39 Å². The summed E-state index contributed by atoms with van der Waals surface area (Å²) in [6.45, 7) is 7.04. The summed E-state index contributed by atoms with van der Waals surface area (Å²) < 4.78 is 66.7. The van der Waals surface area contributed by atoms with E-state index in [2.05, 4.69) is 9.72 Å². The zero-order valence-electron chi connectivity index (χ0n) is 15.6. The Morgan fingerprint density at radius 3 is 2.50 bits per heavy atom. The van der Waals surface area contributed by atoms with Crippen molar-refractivity contribution in [2.24, 2.45) is 0 Å². The van der Waals surface area contributed by atoms with E-state index < -0.39 is 49.3 Å². The van der Waals surface area contributed by atoms with E-state index >= 15 is 0 Å². The van der Waals surface area contributed by atoms with Crippen LogP contribution in [0.1, 0.15) is 34.5 Å². The van der Waals surface area contributed by atoms with Crippen molar-refractivity contribution in [3.63, 3.8) is 0 Å². The van der Waals surface area contributed by atoms with Crippen LogP contribution in [0.5, 0.6) is 5.88 Å². The van der Waals surface area contributed by atoms with Gasteiger partial charge in [0, 0.05) is 11.5 Å². The molecule has 0 unspecified atom stereocenters. The van der Waals surface area contributed by atoms with Gasteiger partial charge >= 0.3 is 7.12 Å². The van der Waals surface area contributed by atoms with Crippen LogP contribution in [0.3, 0.4) is 0 Å². The van der Waals surface area contributed by atoms with Gasteiger partial charge in [-0.2, -0.15) is 9.37 Å². The lowest BCUT2D eigenvalue weighted by atomic mass is 9.80. The van der Waals surface area contributed by atoms with Crippen molar-refractivity contribution in [2.75, 3.05) is 7.04 Å². The zero-order chi connectivity index (χ0) is 17.8. The van der Waals surface area contributed by atoms with Crippen LogP contribution in [0.2, 0.25) is 0 Å². The molecule has 0 radical (unpaired) electrons. The topological polar surface area (TPSA) is 40.6 Å². The number of aromatic nitrogens is 1. The Morgan fingerprint density at radius 2 is 1.94 bits per heavy atom. The third-order valence-corrected chi connectivity index (χ3v) is 3.31. The molecule has 98 valence electrons. The molecule has 18 heavy (non-hydrogen) atoms. The summed E-state index contributed by atoms with van der Waals surface area (Å²) in [5, 5.41) is 0. The summed E-state index contributed by atoms with van der Waals surface area (Å²) in [6, 6.07) is -1.23. The van der Waals surface area contributed by atoms with Crippen molar-refractivity contribution in [1.82, 2.24) is 4.98 Å². The summed E-state index contributed by atoms with van der Waals surface area (Å²) in [7, 11) is -4.11. The van der Waals surface area contributed by atoms with Gasteiger partial charge in [0.2, 0.25) is 11.8 Å². The summed E-state index contributed by atoms with van der Waals surface area (Å²) in [5.74, 6) is -1.93. The maximum atomic E-state index is 14.3. The molecule has 2 heterocycles. The average Bonchev–Trinajstić information content (AvgIpc) is 2.53. The van der Waals surface area contributed by atoms with Crippen LogP contribution in [-0.4, -0.2) is 30.3 Å². The highest BCUT2D eigenvalue weighted by atomic mass is 19.1. The van der Waals surface area contributed by atoms with Gasteiger partial charge in [-0.3, -0.25) is 0 Å². The molecule has 2 rings (SSSR count). The Balaban J connectivity index is 2.45. The molecule has 1 saturated heterocycles. The molecule has 0 aliphatic carbocycles. The number of hydrogen-bond acceptors (Lipinski definition) is 4. The van der Waals surface area contributed by atoms with Crippen molar-refractivity contribution in [3.8, 4) is 5.88 Å².